The molecule has 0 atom stereocenters. The van der Waals surface area contributed by atoms with Gasteiger partial charge < -0.3 is 10.6 Å². The summed E-state index contributed by atoms with van der Waals surface area (Å²) in [5, 5.41) is 5.52. The lowest BCUT2D eigenvalue weighted by atomic mass is 10.0. The summed E-state index contributed by atoms with van der Waals surface area (Å²) in [7, 11) is 0. The summed E-state index contributed by atoms with van der Waals surface area (Å²) in [4.78, 5) is 38.7. The van der Waals surface area contributed by atoms with Crippen LogP contribution in [0.2, 0.25) is 0 Å². The lowest BCUT2D eigenvalue weighted by Gasteiger charge is -2.12. The van der Waals surface area contributed by atoms with Gasteiger partial charge in [0.05, 0.1) is 0 Å². The molecule has 0 radical (unpaired) electrons. The largest absolute Gasteiger partial charge is 0.321 e. The molecule has 2 N–H and O–H groups in total. The van der Waals surface area contributed by atoms with Crippen LogP contribution in [0.15, 0.2) is 115 Å². The molecule has 6 heteroatoms. The van der Waals surface area contributed by atoms with E-state index < -0.39 is 11.8 Å². The van der Waals surface area contributed by atoms with E-state index in [9.17, 15) is 18.8 Å². The Labute approximate surface area is 233 Å². The molecule has 0 aliphatic carbocycles. The first-order valence-corrected chi connectivity index (χ1v) is 12.9. The standard InChI is InChI=1S/C34H29FN2O3/c1-23(2)26-13-8-25(9-14-26)22-31(37-33(39)28-6-4-3-5-7-28)34(40)36-30-19-15-27(16-20-30)32(38)21-12-24-10-17-29(35)18-11-24/h3-23H,1-2H3,(H,36,40)(H,37,39)/b21-12+,31-22-. The Balaban J connectivity index is 1.50. The second-order valence-electron chi connectivity index (χ2n) is 9.48. The molecule has 2 amide bonds. The summed E-state index contributed by atoms with van der Waals surface area (Å²) >= 11 is 0. The molecule has 0 fully saturated rings. The van der Waals surface area contributed by atoms with Crippen LogP contribution in [0, 0.1) is 5.82 Å². The Morgan fingerprint density at radius 3 is 1.98 bits per heavy atom. The van der Waals surface area contributed by atoms with Crippen LogP contribution in [0.5, 0.6) is 0 Å². The smallest absolute Gasteiger partial charge is 0.272 e. The van der Waals surface area contributed by atoms with Crippen LogP contribution in [0.4, 0.5) is 10.1 Å². The molecule has 40 heavy (non-hydrogen) atoms. The lowest BCUT2D eigenvalue weighted by Crippen LogP contribution is -2.30. The van der Waals surface area contributed by atoms with Crippen LogP contribution in [0.25, 0.3) is 12.2 Å². The van der Waals surface area contributed by atoms with Gasteiger partial charge in [0.25, 0.3) is 11.8 Å². The first kappa shape index (κ1) is 27.9. The predicted molar refractivity (Wildman–Crippen MR) is 157 cm³/mol. The molecule has 0 spiro atoms. The Hall–Kier alpha value is -5.10. The van der Waals surface area contributed by atoms with Crippen molar-refractivity contribution in [3.63, 3.8) is 0 Å². The van der Waals surface area contributed by atoms with Gasteiger partial charge in [0.1, 0.15) is 11.5 Å². The van der Waals surface area contributed by atoms with Crippen molar-refractivity contribution in [3.8, 4) is 0 Å². The maximum absolute atomic E-state index is 13.3. The highest BCUT2D eigenvalue weighted by atomic mass is 19.1. The van der Waals surface area contributed by atoms with Crippen LogP contribution in [0.3, 0.4) is 0 Å². The van der Waals surface area contributed by atoms with Crippen molar-refractivity contribution >= 4 is 35.4 Å². The van der Waals surface area contributed by atoms with Crippen molar-refractivity contribution in [3.05, 3.63) is 149 Å². The molecule has 0 aliphatic heterocycles. The quantitative estimate of drug-likeness (QED) is 0.176. The van der Waals surface area contributed by atoms with Gasteiger partial charge in [-0.1, -0.05) is 74.5 Å². The number of nitrogens with one attached hydrogen (secondary N) is 2. The fourth-order valence-corrected chi connectivity index (χ4v) is 3.84. The average Bonchev–Trinajstić information content (AvgIpc) is 2.97. The molecule has 0 heterocycles. The van der Waals surface area contributed by atoms with Gasteiger partial charge in [-0.05, 0) is 83.3 Å². The molecule has 0 unspecified atom stereocenters. The third-order valence-electron chi connectivity index (χ3n) is 6.17. The number of amides is 2. The van der Waals surface area contributed by atoms with E-state index in [1.165, 1.54) is 23.8 Å². The maximum Gasteiger partial charge on any atom is 0.272 e. The number of hydrogen-bond acceptors (Lipinski definition) is 3. The minimum atomic E-state index is -0.507. The van der Waals surface area contributed by atoms with Crippen LogP contribution in [0.1, 0.15) is 57.2 Å². The fraction of sp³-hybridized carbons (Fsp3) is 0.0882. The molecule has 4 aromatic rings. The molecule has 4 aromatic carbocycles. The summed E-state index contributed by atoms with van der Waals surface area (Å²) < 4.78 is 13.1. The summed E-state index contributed by atoms with van der Waals surface area (Å²) in [5.41, 5.74) is 4.01. The highest BCUT2D eigenvalue weighted by molar-refractivity contribution is 6.11. The highest BCUT2D eigenvalue weighted by Crippen LogP contribution is 2.18. The van der Waals surface area contributed by atoms with E-state index in [0.717, 1.165) is 5.56 Å². The number of carbonyl (C=O) groups excluding carboxylic acids is 3. The van der Waals surface area contributed by atoms with Gasteiger partial charge in [-0.3, -0.25) is 14.4 Å². The minimum Gasteiger partial charge on any atom is -0.321 e. The molecule has 5 nitrogen and oxygen atoms in total. The van der Waals surface area contributed by atoms with E-state index in [4.69, 9.17) is 0 Å². The summed E-state index contributed by atoms with van der Waals surface area (Å²) in [6.45, 7) is 4.20. The highest BCUT2D eigenvalue weighted by Gasteiger charge is 2.15. The van der Waals surface area contributed by atoms with Gasteiger partial charge in [-0.15, -0.1) is 0 Å². The Bertz CT molecular complexity index is 1540. The molecule has 0 saturated heterocycles. The van der Waals surface area contributed by atoms with Crippen LogP contribution >= 0.6 is 0 Å². The SMILES string of the molecule is CC(C)c1ccc(/C=C(\NC(=O)c2ccccc2)C(=O)Nc2ccc(C(=O)/C=C/c3ccc(F)cc3)cc2)cc1. The molecule has 0 bridgehead atoms. The van der Waals surface area contributed by atoms with E-state index in [1.807, 2.05) is 30.3 Å². The zero-order valence-electron chi connectivity index (χ0n) is 22.2. The number of carbonyl (C=O) groups is 3. The van der Waals surface area contributed by atoms with Crippen molar-refractivity contribution in [2.24, 2.45) is 0 Å². The zero-order valence-corrected chi connectivity index (χ0v) is 22.2. The Morgan fingerprint density at radius 2 is 1.35 bits per heavy atom. The second-order valence-corrected chi connectivity index (χ2v) is 9.48. The normalized spacial score (nSPS) is 11.4. The number of hydrogen-bond donors (Lipinski definition) is 2. The minimum absolute atomic E-state index is 0.0773. The predicted octanol–water partition coefficient (Wildman–Crippen LogP) is 7.25. The zero-order chi connectivity index (χ0) is 28.5. The topological polar surface area (TPSA) is 75.3 Å². The van der Waals surface area contributed by atoms with Gasteiger partial charge in [0.2, 0.25) is 0 Å². The summed E-state index contributed by atoms with van der Waals surface area (Å²) in [5.74, 6) is -1.13. The fourth-order valence-electron chi connectivity index (χ4n) is 3.84. The van der Waals surface area contributed by atoms with Crippen molar-refractivity contribution in [2.45, 2.75) is 19.8 Å². The molecule has 0 aliphatic rings. The van der Waals surface area contributed by atoms with Gasteiger partial charge in [0.15, 0.2) is 5.78 Å². The van der Waals surface area contributed by atoms with E-state index in [1.54, 1.807) is 72.8 Å². The number of benzene rings is 4. The summed E-state index contributed by atoms with van der Waals surface area (Å²) in [6, 6.07) is 28.7. The van der Waals surface area contributed by atoms with E-state index in [0.29, 0.717) is 28.3 Å². The molecular formula is C34H29FN2O3. The van der Waals surface area contributed by atoms with Gasteiger partial charge >= 0.3 is 0 Å². The van der Waals surface area contributed by atoms with Crippen molar-refractivity contribution in [1.29, 1.82) is 0 Å². The van der Waals surface area contributed by atoms with Crippen molar-refractivity contribution in [2.75, 3.05) is 5.32 Å². The van der Waals surface area contributed by atoms with Crippen molar-refractivity contribution < 1.29 is 18.8 Å². The first-order valence-electron chi connectivity index (χ1n) is 12.9. The van der Waals surface area contributed by atoms with E-state index in [-0.39, 0.29) is 17.3 Å². The second kappa shape index (κ2) is 13.1. The molecule has 0 aromatic heterocycles. The molecule has 0 saturated carbocycles. The lowest BCUT2D eigenvalue weighted by molar-refractivity contribution is -0.113. The van der Waals surface area contributed by atoms with Crippen LogP contribution in [-0.2, 0) is 4.79 Å². The van der Waals surface area contributed by atoms with Crippen molar-refractivity contribution in [1.82, 2.24) is 5.32 Å². The Morgan fingerprint density at radius 1 is 0.725 bits per heavy atom. The van der Waals surface area contributed by atoms with E-state index in [2.05, 4.69) is 24.5 Å². The first-order chi connectivity index (χ1) is 19.3. The number of rotatable bonds is 9. The van der Waals surface area contributed by atoms with Gasteiger partial charge in [0, 0.05) is 16.8 Å². The molecular weight excluding hydrogens is 503 g/mol. The average molecular weight is 533 g/mol. The van der Waals surface area contributed by atoms with Gasteiger partial charge in [-0.2, -0.15) is 0 Å². The monoisotopic (exact) mass is 532 g/mol. The summed E-state index contributed by atoms with van der Waals surface area (Å²) in [6.07, 6.45) is 4.64. The number of ketones is 1. The van der Waals surface area contributed by atoms with E-state index >= 15 is 0 Å². The number of halogens is 1. The van der Waals surface area contributed by atoms with Crippen LogP contribution in [-0.4, -0.2) is 17.6 Å². The number of anilines is 1. The Kier molecular flexibility index (Phi) is 9.15. The van der Waals surface area contributed by atoms with Crippen LogP contribution < -0.4 is 10.6 Å². The third kappa shape index (κ3) is 7.71. The number of allylic oxidation sites excluding steroid dienone is 1. The molecule has 4 rings (SSSR count). The molecule has 200 valence electrons. The maximum atomic E-state index is 13.3. The van der Waals surface area contributed by atoms with Gasteiger partial charge in [-0.25, -0.2) is 4.39 Å². The third-order valence-corrected chi connectivity index (χ3v) is 6.17.